The maximum absolute atomic E-state index is 13.6. The Bertz CT molecular complexity index is 1320. The van der Waals surface area contributed by atoms with E-state index < -0.39 is 5.91 Å². The van der Waals surface area contributed by atoms with Gasteiger partial charge in [0.05, 0.1) is 30.2 Å². The molecule has 3 aliphatic rings. The van der Waals surface area contributed by atoms with Crippen LogP contribution in [0.3, 0.4) is 0 Å². The van der Waals surface area contributed by atoms with E-state index >= 15 is 0 Å². The molecule has 10 heteroatoms. The summed E-state index contributed by atoms with van der Waals surface area (Å²) in [7, 11) is 1.81. The molecule has 0 bridgehead atoms. The summed E-state index contributed by atoms with van der Waals surface area (Å²) >= 11 is 0. The summed E-state index contributed by atoms with van der Waals surface area (Å²) in [6.45, 7) is 1.58. The van der Waals surface area contributed by atoms with Crippen molar-refractivity contribution in [2.24, 2.45) is 12.8 Å². The van der Waals surface area contributed by atoms with Crippen LogP contribution in [0.5, 0.6) is 0 Å². The van der Waals surface area contributed by atoms with Gasteiger partial charge >= 0.3 is 0 Å². The molecule has 1 aromatic carbocycles. The molecule has 3 aromatic rings. The van der Waals surface area contributed by atoms with E-state index in [9.17, 15) is 9.59 Å². The van der Waals surface area contributed by atoms with E-state index in [2.05, 4.69) is 37.3 Å². The van der Waals surface area contributed by atoms with E-state index in [0.717, 1.165) is 44.3 Å². The molecular formula is C27H32N8O2. The number of hydrogen-bond acceptors (Lipinski definition) is 7. The van der Waals surface area contributed by atoms with Crippen molar-refractivity contribution in [1.82, 2.24) is 24.6 Å². The zero-order chi connectivity index (χ0) is 25.5. The largest absolute Gasteiger partial charge is 0.364 e. The predicted molar refractivity (Wildman–Crippen MR) is 140 cm³/mol. The average molecular weight is 501 g/mol. The number of fused-ring (bicyclic) bond motifs is 1. The molecule has 0 radical (unpaired) electrons. The molecule has 2 amide bonds. The number of aromatic nitrogens is 4. The zero-order valence-electron chi connectivity index (χ0n) is 21.0. The molecule has 10 nitrogen and oxygen atoms in total. The molecule has 4 heterocycles. The van der Waals surface area contributed by atoms with Crippen LogP contribution in [0, 0.1) is 0 Å². The highest BCUT2D eigenvalue weighted by atomic mass is 16.2. The van der Waals surface area contributed by atoms with Gasteiger partial charge in [0.25, 0.3) is 11.8 Å². The van der Waals surface area contributed by atoms with E-state index in [4.69, 9.17) is 10.7 Å². The summed E-state index contributed by atoms with van der Waals surface area (Å²) in [5.74, 6) is 1.11. The molecule has 1 saturated carbocycles. The lowest BCUT2D eigenvalue weighted by atomic mass is 9.87. The lowest BCUT2D eigenvalue weighted by molar-refractivity contribution is 0.0524. The van der Waals surface area contributed by atoms with Gasteiger partial charge in [0.1, 0.15) is 5.82 Å². The van der Waals surface area contributed by atoms with Gasteiger partial charge in [-0.05, 0) is 62.1 Å². The zero-order valence-corrected chi connectivity index (χ0v) is 21.0. The number of carbonyl (C=O) groups is 2. The van der Waals surface area contributed by atoms with Crippen LogP contribution in [0.25, 0.3) is 0 Å². The van der Waals surface area contributed by atoms with Gasteiger partial charge in [-0.3, -0.25) is 14.3 Å². The van der Waals surface area contributed by atoms with Crippen molar-refractivity contribution in [1.29, 1.82) is 0 Å². The van der Waals surface area contributed by atoms with Crippen LogP contribution >= 0.6 is 0 Å². The third-order valence-corrected chi connectivity index (χ3v) is 7.76. The van der Waals surface area contributed by atoms with Crippen molar-refractivity contribution < 1.29 is 9.59 Å². The molecule has 2 saturated heterocycles. The van der Waals surface area contributed by atoms with E-state index in [-0.39, 0.29) is 23.7 Å². The maximum Gasteiger partial charge on any atom is 0.271 e. The fourth-order valence-corrected chi connectivity index (χ4v) is 5.81. The molecular weight excluding hydrogens is 468 g/mol. The second-order valence-electron chi connectivity index (χ2n) is 10.3. The van der Waals surface area contributed by atoms with Crippen LogP contribution in [-0.4, -0.2) is 61.6 Å². The molecule has 0 spiro atoms. The average Bonchev–Trinajstić information content (AvgIpc) is 3.69. The number of benzene rings is 1. The summed E-state index contributed by atoms with van der Waals surface area (Å²) in [5.41, 5.74) is 8.45. The molecule has 6 rings (SSSR count). The number of anilines is 3. The van der Waals surface area contributed by atoms with Gasteiger partial charge in [-0.15, -0.1) is 0 Å². The standard InChI is InChI=1S/C27H32N8O2/c1-33-16-20(14-30-33)31-26-24(25(28)36)29-15-23(32-26)34-12-2-5-22-21(34)4-3-13-35(22)27(37)19-10-8-18(9-11-19)17-6-7-17/h8-11,14-17,21-22H,2-7,12-13H2,1H3,(H2,28,36)(H,31,32). The minimum atomic E-state index is -0.649. The summed E-state index contributed by atoms with van der Waals surface area (Å²) < 4.78 is 1.66. The Kier molecular flexibility index (Phi) is 6.02. The number of aryl methyl sites for hydroxylation is 1. The van der Waals surface area contributed by atoms with E-state index in [1.54, 1.807) is 23.3 Å². The maximum atomic E-state index is 13.6. The normalized spacial score (nSPS) is 21.4. The number of piperidine rings is 2. The number of primary amides is 1. The third-order valence-electron chi connectivity index (χ3n) is 7.76. The number of nitrogens with two attached hydrogens (primary N) is 1. The Morgan fingerprint density at radius 3 is 2.46 bits per heavy atom. The molecule has 37 heavy (non-hydrogen) atoms. The first-order chi connectivity index (χ1) is 18.0. The van der Waals surface area contributed by atoms with Crippen LogP contribution in [0.1, 0.15) is 70.9 Å². The quantitative estimate of drug-likeness (QED) is 0.533. The van der Waals surface area contributed by atoms with Crippen molar-refractivity contribution >= 4 is 29.1 Å². The second-order valence-corrected chi connectivity index (χ2v) is 10.3. The summed E-state index contributed by atoms with van der Waals surface area (Å²) in [6.07, 6.45) is 11.4. The number of nitrogens with zero attached hydrogens (tertiary/aromatic N) is 6. The number of hydrogen-bond donors (Lipinski definition) is 2. The van der Waals surface area contributed by atoms with Crippen molar-refractivity contribution in [3.8, 4) is 0 Å². The molecule has 2 unspecified atom stereocenters. The first-order valence-corrected chi connectivity index (χ1v) is 13.1. The monoisotopic (exact) mass is 500 g/mol. The van der Waals surface area contributed by atoms with Crippen LogP contribution in [0.15, 0.2) is 42.9 Å². The minimum Gasteiger partial charge on any atom is -0.364 e. The van der Waals surface area contributed by atoms with Gasteiger partial charge in [0.15, 0.2) is 11.5 Å². The SMILES string of the molecule is Cn1cc(Nc2nc(N3CCCC4C3CCCN4C(=O)c3ccc(C4CC4)cc3)cnc2C(N)=O)cn1. The van der Waals surface area contributed by atoms with Crippen molar-refractivity contribution in [2.75, 3.05) is 23.3 Å². The van der Waals surface area contributed by atoms with Gasteiger partial charge in [0.2, 0.25) is 0 Å². The van der Waals surface area contributed by atoms with Crippen molar-refractivity contribution in [3.63, 3.8) is 0 Å². The van der Waals surface area contributed by atoms with Crippen molar-refractivity contribution in [3.05, 3.63) is 59.7 Å². The fourth-order valence-electron chi connectivity index (χ4n) is 5.81. The van der Waals surface area contributed by atoms with Gasteiger partial charge in [0, 0.05) is 31.9 Å². The van der Waals surface area contributed by atoms with Crippen LogP contribution in [-0.2, 0) is 7.05 Å². The summed E-state index contributed by atoms with van der Waals surface area (Å²) in [6, 6.07) is 8.45. The van der Waals surface area contributed by atoms with Gasteiger partial charge in [-0.25, -0.2) is 9.97 Å². The lowest BCUT2D eigenvalue weighted by Gasteiger charge is -2.49. The first-order valence-electron chi connectivity index (χ1n) is 13.1. The second kappa shape index (κ2) is 9.49. The van der Waals surface area contributed by atoms with Crippen molar-refractivity contribution in [2.45, 2.75) is 56.5 Å². The fraction of sp³-hybridized carbons (Fsp3) is 0.444. The van der Waals surface area contributed by atoms with Crippen LogP contribution in [0.4, 0.5) is 17.3 Å². The molecule has 3 fully saturated rings. The van der Waals surface area contributed by atoms with E-state index in [0.29, 0.717) is 23.2 Å². The highest BCUT2D eigenvalue weighted by molar-refractivity contribution is 5.96. The predicted octanol–water partition coefficient (Wildman–Crippen LogP) is 3.20. The number of nitrogens with one attached hydrogen (secondary N) is 1. The number of carbonyl (C=O) groups excluding carboxylic acids is 2. The summed E-state index contributed by atoms with van der Waals surface area (Å²) in [5, 5.41) is 7.30. The Hall–Kier alpha value is -3.95. The molecule has 192 valence electrons. The molecule has 1 aliphatic carbocycles. The first kappa shape index (κ1) is 23.4. The van der Waals surface area contributed by atoms with Crippen LogP contribution < -0.4 is 16.0 Å². The van der Waals surface area contributed by atoms with Gasteiger partial charge in [-0.1, -0.05) is 12.1 Å². The number of likely N-dealkylation sites (tertiary alicyclic amines) is 1. The Morgan fingerprint density at radius 2 is 1.76 bits per heavy atom. The highest BCUT2D eigenvalue weighted by Gasteiger charge is 2.41. The minimum absolute atomic E-state index is 0.0799. The molecule has 2 atom stereocenters. The van der Waals surface area contributed by atoms with Crippen LogP contribution in [0.2, 0.25) is 0 Å². The molecule has 2 aromatic heterocycles. The molecule has 3 N–H and O–H groups in total. The molecule has 2 aliphatic heterocycles. The number of amides is 2. The Labute approximate surface area is 215 Å². The Morgan fingerprint density at radius 1 is 1.00 bits per heavy atom. The highest BCUT2D eigenvalue weighted by Crippen LogP contribution is 2.40. The lowest BCUT2D eigenvalue weighted by Crippen LogP contribution is -2.60. The van der Waals surface area contributed by atoms with E-state index in [1.165, 1.54) is 18.4 Å². The van der Waals surface area contributed by atoms with Gasteiger partial charge < -0.3 is 20.9 Å². The third kappa shape index (κ3) is 4.63. The van der Waals surface area contributed by atoms with E-state index in [1.807, 2.05) is 19.2 Å². The topological polar surface area (TPSA) is 122 Å². The number of rotatable bonds is 6. The van der Waals surface area contributed by atoms with Gasteiger partial charge in [-0.2, -0.15) is 5.10 Å². The smallest absolute Gasteiger partial charge is 0.271 e. The summed E-state index contributed by atoms with van der Waals surface area (Å²) in [4.78, 5) is 39.1. The Balaban J connectivity index is 1.25.